The molecule has 0 saturated carbocycles. The summed E-state index contributed by atoms with van der Waals surface area (Å²) in [5, 5.41) is 2.94. The molecule has 1 aliphatic rings. The number of rotatable bonds is 11. The molecule has 1 aromatic carbocycles. The SMILES string of the molecule is CCCNS(=O)(=O)c1ccc(OCC(=O)NCCCN2CCOCC2)c(Cl)c1. The van der Waals surface area contributed by atoms with Crippen LogP contribution >= 0.6 is 11.6 Å². The number of halogens is 1. The number of carbonyl (C=O) groups is 1. The third-order valence-corrected chi connectivity index (χ3v) is 5.95. The predicted molar refractivity (Wildman–Crippen MR) is 107 cm³/mol. The van der Waals surface area contributed by atoms with Crippen LogP contribution in [0.4, 0.5) is 0 Å². The number of morpholine rings is 1. The van der Waals surface area contributed by atoms with Crippen molar-refractivity contribution in [1.82, 2.24) is 14.9 Å². The van der Waals surface area contributed by atoms with Crippen LogP contribution in [0.2, 0.25) is 5.02 Å². The number of carbonyl (C=O) groups excluding carboxylic acids is 1. The molecule has 28 heavy (non-hydrogen) atoms. The largest absolute Gasteiger partial charge is 0.482 e. The lowest BCUT2D eigenvalue weighted by Crippen LogP contribution is -2.38. The van der Waals surface area contributed by atoms with Crippen molar-refractivity contribution in [2.24, 2.45) is 0 Å². The van der Waals surface area contributed by atoms with Crippen LogP contribution in [0.5, 0.6) is 5.75 Å². The molecule has 8 nitrogen and oxygen atoms in total. The molecule has 0 radical (unpaired) electrons. The van der Waals surface area contributed by atoms with Crippen molar-refractivity contribution in [3.05, 3.63) is 23.2 Å². The molecular formula is C18H28ClN3O5S. The first-order chi connectivity index (χ1) is 13.4. The van der Waals surface area contributed by atoms with Gasteiger partial charge in [-0.15, -0.1) is 0 Å². The lowest BCUT2D eigenvalue weighted by atomic mass is 10.3. The maximum absolute atomic E-state index is 12.1. The first-order valence-electron chi connectivity index (χ1n) is 9.41. The van der Waals surface area contributed by atoms with Crippen molar-refractivity contribution in [3.8, 4) is 5.75 Å². The highest BCUT2D eigenvalue weighted by Gasteiger charge is 2.16. The first-order valence-corrected chi connectivity index (χ1v) is 11.3. The summed E-state index contributed by atoms with van der Waals surface area (Å²) >= 11 is 6.10. The average molecular weight is 434 g/mol. The summed E-state index contributed by atoms with van der Waals surface area (Å²) in [6, 6.07) is 4.17. The van der Waals surface area contributed by atoms with Crippen LogP contribution in [0.15, 0.2) is 23.1 Å². The summed E-state index contributed by atoms with van der Waals surface area (Å²) in [6.45, 7) is 6.89. The number of hydrogen-bond acceptors (Lipinski definition) is 6. The third kappa shape index (κ3) is 7.56. The van der Waals surface area contributed by atoms with E-state index in [4.69, 9.17) is 21.1 Å². The topological polar surface area (TPSA) is 97.0 Å². The molecule has 0 spiro atoms. The van der Waals surface area contributed by atoms with Gasteiger partial charge in [-0.05, 0) is 37.6 Å². The number of nitrogens with zero attached hydrogens (tertiary/aromatic N) is 1. The number of benzene rings is 1. The minimum atomic E-state index is -3.60. The number of ether oxygens (including phenoxy) is 2. The monoisotopic (exact) mass is 433 g/mol. The van der Waals surface area contributed by atoms with E-state index in [0.29, 0.717) is 19.5 Å². The second kappa shape index (κ2) is 11.6. The molecule has 0 aromatic heterocycles. The van der Waals surface area contributed by atoms with Gasteiger partial charge in [0.1, 0.15) is 5.75 Å². The van der Waals surface area contributed by atoms with Crippen molar-refractivity contribution in [3.63, 3.8) is 0 Å². The van der Waals surface area contributed by atoms with Gasteiger partial charge in [0.25, 0.3) is 5.91 Å². The van der Waals surface area contributed by atoms with E-state index in [9.17, 15) is 13.2 Å². The summed E-state index contributed by atoms with van der Waals surface area (Å²) in [6.07, 6.45) is 1.54. The van der Waals surface area contributed by atoms with E-state index in [1.165, 1.54) is 18.2 Å². The Kier molecular flexibility index (Phi) is 9.46. The van der Waals surface area contributed by atoms with E-state index in [1.54, 1.807) is 0 Å². The van der Waals surface area contributed by atoms with Crippen molar-refractivity contribution < 1.29 is 22.7 Å². The molecule has 1 aromatic rings. The van der Waals surface area contributed by atoms with Crippen molar-refractivity contribution in [2.45, 2.75) is 24.7 Å². The molecule has 1 amide bonds. The van der Waals surface area contributed by atoms with Gasteiger partial charge in [0, 0.05) is 26.2 Å². The summed E-state index contributed by atoms with van der Waals surface area (Å²) in [7, 11) is -3.60. The van der Waals surface area contributed by atoms with Crippen molar-refractivity contribution in [1.29, 1.82) is 0 Å². The Morgan fingerprint density at radius 2 is 2.04 bits per heavy atom. The summed E-state index contributed by atoms with van der Waals surface area (Å²) in [5.41, 5.74) is 0. The third-order valence-electron chi connectivity index (χ3n) is 4.19. The molecule has 1 saturated heterocycles. The highest BCUT2D eigenvalue weighted by molar-refractivity contribution is 7.89. The molecular weight excluding hydrogens is 406 g/mol. The minimum Gasteiger partial charge on any atom is -0.482 e. The van der Waals surface area contributed by atoms with E-state index >= 15 is 0 Å². The van der Waals surface area contributed by atoms with E-state index in [-0.39, 0.29) is 28.2 Å². The first kappa shape index (κ1) is 22.9. The average Bonchev–Trinajstić information content (AvgIpc) is 2.69. The van der Waals surface area contributed by atoms with Gasteiger partial charge in [0.15, 0.2) is 6.61 Å². The van der Waals surface area contributed by atoms with Crippen LogP contribution in [-0.2, 0) is 19.6 Å². The Hall–Kier alpha value is -1.39. The van der Waals surface area contributed by atoms with Gasteiger partial charge in [-0.25, -0.2) is 13.1 Å². The van der Waals surface area contributed by atoms with Crippen LogP contribution in [0.3, 0.4) is 0 Å². The number of nitrogens with one attached hydrogen (secondary N) is 2. The van der Waals surface area contributed by atoms with E-state index in [2.05, 4.69) is 14.9 Å². The zero-order chi connectivity index (χ0) is 20.4. The molecule has 1 fully saturated rings. The zero-order valence-electron chi connectivity index (χ0n) is 16.1. The second-order valence-electron chi connectivity index (χ2n) is 6.44. The molecule has 158 valence electrons. The highest BCUT2D eigenvalue weighted by Crippen LogP contribution is 2.27. The predicted octanol–water partition coefficient (Wildman–Crippen LogP) is 1.25. The minimum absolute atomic E-state index is 0.0610. The van der Waals surface area contributed by atoms with E-state index in [0.717, 1.165) is 39.3 Å². The van der Waals surface area contributed by atoms with Gasteiger partial charge in [-0.2, -0.15) is 0 Å². The van der Waals surface area contributed by atoms with Crippen molar-refractivity contribution in [2.75, 3.05) is 52.5 Å². The molecule has 0 aliphatic carbocycles. The number of amides is 1. The van der Waals surface area contributed by atoms with Gasteiger partial charge in [0.05, 0.1) is 23.1 Å². The van der Waals surface area contributed by atoms with Gasteiger partial charge >= 0.3 is 0 Å². The normalized spacial score (nSPS) is 15.4. The summed E-state index contributed by atoms with van der Waals surface area (Å²) in [4.78, 5) is 14.3. The Morgan fingerprint density at radius 1 is 1.29 bits per heavy atom. The summed E-state index contributed by atoms with van der Waals surface area (Å²) < 4.78 is 37.4. The molecule has 10 heteroatoms. The maximum atomic E-state index is 12.1. The fraction of sp³-hybridized carbons (Fsp3) is 0.611. The number of hydrogen-bond donors (Lipinski definition) is 2. The Morgan fingerprint density at radius 3 is 2.71 bits per heavy atom. The molecule has 2 N–H and O–H groups in total. The molecule has 2 rings (SSSR count). The fourth-order valence-electron chi connectivity index (χ4n) is 2.64. The second-order valence-corrected chi connectivity index (χ2v) is 8.61. The molecule has 0 bridgehead atoms. The quantitative estimate of drug-likeness (QED) is 0.510. The Labute approximate surface area is 171 Å². The highest BCUT2D eigenvalue weighted by atomic mass is 35.5. The standard InChI is InChI=1S/C18H28ClN3O5S/c1-2-6-21-28(24,25)15-4-5-17(16(19)13-15)27-14-18(23)20-7-3-8-22-9-11-26-12-10-22/h4-5,13,21H,2-3,6-12,14H2,1H3,(H,20,23). The Balaban J connectivity index is 1.73. The lowest BCUT2D eigenvalue weighted by molar-refractivity contribution is -0.123. The maximum Gasteiger partial charge on any atom is 0.257 e. The summed E-state index contributed by atoms with van der Waals surface area (Å²) in [5.74, 6) is 0.0129. The van der Waals surface area contributed by atoms with Crippen molar-refractivity contribution >= 4 is 27.5 Å². The van der Waals surface area contributed by atoms with Crippen LogP contribution in [-0.4, -0.2) is 71.8 Å². The van der Waals surface area contributed by atoms with Gasteiger partial charge in [-0.1, -0.05) is 18.5 Å². The molecule has 1 aliphatic heterocycles. The van der Waals surface area contributed by atoms with Crippen LogP contribution in [0, 0.1) is 0 Å². The van der Waals surface area contributed by atoms with E-state index < -0.39 is 10.0 Å². The Bertz CT molecular complexity index is 739. The lowest BCUT2D eigenvalue weighted by Gasteiger charge is -2.26. The molecule has 0 atom stereocenters. The van der Waals surface area contributed by atoms with Gasteiger partial charge < -0.3 is 14.8 Å². The molecule has 0 unspecified atom stereocenters. The van der Waals surface area contributed by atoms with Gasteiger partial charge in [0.2, 0.25) is 10.0 Å². The smallest absolute Gasteiger partial charge is 0.257 e. The zero-order valence-corrected chi connectivity index (χ0v) is 17.7. The fourth-order valence-corrected chi connectivity index (χ4v) is 4.09. The van der Waals surface area contributed by atoms with Gasteiger partial charge in [-0.3, -0.25) is 9.69 Å². The van der Waals surface area contributed by atoms with Crippen LogP contribution in [0.1, 0.15) is 19.8 Å². The van der Waals surface area contributed by atoms with Crippen LogP contribution in [0.25, 0.3) is 0 Å². The number of sulfonamides is 1. The van der Waals surface area contributed by atoms with Crippen LogP contribution < -0.4 is 14.8 Å². The van der Waals surface area contributed by atoms with E-state index in [1.807, 2.05) is 6.92 Å². The molecule has 1 heterocycles.